The number of carbonyl (C=O) groups is 1. The summed E-state index contributed by atoms with van der Waals surface area (Å²) >= 11 is 6.33. The molecule has 3 heterocycles. The second-order valence-corrected chi connectivity index (χ2v) is 13.0. The van der Waals surface area contributed by atoms with Gasteiger partial charge in [0, 0.05) is 30.4 Å². The van der Waals surface area contributed by atoms with Crippen LogP contribution in [0.25, 0.3) is 23.0 Å². The smallest absolute Gasteiger partial charge is 0.263 e. The molecule has 2 aliphatic rings. The molecule has 0 saturated carbocycles. The van der Waals surface area contributed by atoms with Gasteiger partial charge in [0.15, 0.2) is 0 Å². The van der Waals surface area contributed by atoms with Crippen molar-refractivity contribution in [3.63, 3.8) is 0 Å². The largest absolute Gasteiger partial charge is 0.307 e. The van der Waals surface area contributed by atoms with Gasteiger partial charge >= 0.3 is 0 Å². The number of hydrogen-bond acceptors (Lipinski definition) is 6. The summed E-state index contributed by atoms with van der Waals surface area (Å²) in [4.78, 5) is 13.0. The Morgan fingerprint density at radius 3 is 2.47 bits per heavy atom. The molecule has 2 aliphatic heterocycles. The van der Waals surface area contributed by atoms with Crippen molar-refractivity contribution >= 4 is 50.3 Å². The molecule has 10 heteroatoms. The van der Waals surface area contributed by atoms with E-state index in [2.05, 4.69) is 19.2 Å². The number of hydrogen-bond donors (Lipinski definition) is 1. The minimum absolute atomic E-state index is 0.239. The van der Waals surface area contributed by atoms with Gasteiger partial charge in [-0.1, -0.05) is 68.2 Å². The topological polar surface area (TPSA) is 84.3 Å². The number of aromatic nitrogens is 2. The van der Waals surface area contributed by atoms with E-state index < -0.39 is 10.0 Å². The molecule has 186 valence electrons. The number of benzene rings is 2. The minimum Gasteiger partial charge on any atom is -0.307 e. The molecule has 2 atom stereocenters. The lowest BCUT2D eigenvalue weighted by molar-refractivity contribution is -0.115. The number of thiocarbonyl (C=S) groups is 1. The molecule has 2 unspecified atom stereocenters. The number of thioether (sulfide) groups is 1. The van der Waals surface area contributed by atoms with Gasteiger partial charge in [0.1, 0.15) is 10.0 Å². The lowest BCUT2D eigenvalue weighted by atomic mass is 9.94. The third kappa shape index (κ3) is 5.04. The van der Waals surface area contributed by atoms with Crippen LogP contribution in [-0.4, -0.2) is 45.8 Å². The van der Waals surface area contributed by atoms with Crippen molar-refractivity contribution in [3.05, 3.63) is 71.3 Å². The lowest BCUT2D eigenvalue weighted by Crippen LogP contribution is -2.42. The molecule has 0 radical (unpaired) electrons. The first kappa shape index (κ1) is 24.9. The standard InChI is InChI=1S/C26H26N4O3S3/c1-17-11-18(2)15-29(14-17)36(32,33)22-10-6-7-19(12-22)24-20(13-23-25(31)27-26(34)35-23)16-30(28-24)21-8-4-3-5-9-21/h3-10,12-13,16-18H,11,14-15H2,1-2H3,(H,27,31,34)/b23-13-. The lowest BCUT2D eigenvalue weighted by Gasteiger charge is -2.34. The Kier molecular flexibility index (Phi) is 6.86. The summed E-state index contributed by atoms with van der Waals surface area (Å²) in [7, 11) is -3.66. The van der Waals surface area contributed by atoms with E-state index in [0.29, 0.717) is 51.0 Å². The quantitative estimate of drug-likeness (QED) is 0.375. The van der Waals surface area contributed by atoms with Gasteiger partial charge in [-0.25, -0.2) is 13.1 Å². The molecule has 1 amide bonds. The summed E-state index contributed by atoms with van der Waals surface area (Å²) in [5.74, 6) is 0.369. The average molecular weight is 539 g/mol. The number of amides is 1. The summed E-state index contributed by atoms with van der Waals surface area (Å²) in [6, 6.07) is 16.5. The SMILES string of the molecule is CC1CC(C)CN(S(=O)(=O)c2cccc(-c3nn(-c4ccccc4)cc3/C=C3\SC(=S)NC3=O)c2)C1. The van der Waals surface area contributed by atoms with Gasteiger partial charge < -0.3 is 5.32 Å². The van der Waals surface area contributed by atoms with E-state index in [9.17, 15) is 13.2 Å². The Morgan fingerprint density at radius 1 is 1.08 bits per heavy atom. The normalized spacial score (nSPS) is 22.2. The highest BCUT2D eigenvalue weighted by Crippen LogP contribution is 2.33. The van der Waals surface area contributed by atoms with Gasteiger partial charge in [-0.3, -0.25) is 4.79 Å². The van der Waals surface area contributed by atoms with Crippen LogP contribution in [0.2, 0.25) is 0 Å². The molecule has 0 bridgehead atoms. The van der Waals surface area contributed by atoms with E-state index in [0.717, 1.165) is 12.1 Å². The van der Waals surface area contributed by atoms with Crippen LogP contribution < -0.4 is 5.32 Å². The highest BCUT2D eigenvalue weighted by molar-refractivity contribution is 8.26. The number of carbonyl (C=O) groups excluding carboxylic acids is 1. The van der Waals surface area contributed by atoms with Crippen molar-refractivity contribution in [2.45, 2.75) is 25.2 Å². The van der Waals surface area contributed by atoms with Crippen LogP contribution >= 0.6 is 24.0 Å². The van der Waals surface area contributed by atoms with Crippen LogP contribution in [-0.2, 0) is 14.8 Å². The van der Waals surface area contributed by atoms with Crippen LogP contribution in [0.3, 0.4) is 0 Å². The summed E-state index contributed by atoms with van der Waals surface area (Å²) in [5.41, 5.74) is 2.77. The fourth-order valence-electron chi connectivity index (χ4n) is 4.75. The minimum atomic E-state index is -3.66. The summed E-state index contributed by atoms with van der Waals surface area (Å²) in [6.45, 7) is 5.22. The van der Waals surface area contributed by atoms with Crippen molar-refractivity contribution in [1.29, 1.82) is 0 Å². The molecule has 2 fully saturated rings. The Balaban J connectivity index is 1.58. The van der Waals surface area contributed by atoms with Crippen molar-refractivity contribution in [2.75, 3.05) is 13.1 Å². The van der Waals surface area contributed by atoms with Crippen molar-refractivity contribution < 1.29 is 13.2 Å². The maximum absolute atomic E-state index is 13.5. The van der Waals surface area contributed by atoms with Crippen LogP contribution in [0.4, 0.5) is 0 Å². The number of sulfonamides is 1. The zero-order chi connectivity index (χ0) is 25.4. The molecule has 1 N–H and O–H groups in total. The number of para-hydroxylation sites is 1. The van der Waals surface area contributed by atoms with Crippen LogP contribution in [0.1, 0.15) is 25.8 Å². The molecular weight excluding hydrogens is 513 g/mol. The molecule has 36 heavy (non-hydrogen) atoms. The van der Waals surface area contributed by atoms with E-state index in [4.69, 9.17) is 17.3 Å². The Hall–Kier alpha value is -2.79. The van der Waals surface area contributed by atoms with Crippen molar-refractivity contribution in [1.82, 2.24) is 19.4 Å². The summed E-state index contributed by atoms with van der Waals surface area (Å²) in [6.07, 6.45) is 4.61. The number of nitrogens with one attached hydrogen (secondary N) is 1. The predicted molar refractivity (Wildman–Crippen MR) is 147 cm³/mol. The van der Waals surface area contributed by atoms with Gasteiger partial charge in [0.05, 0.1) is 15.5 Å². The van der Waals surface area contributed by atoms with E-state index in [-0.39, 0.29) is 10.8 Å². The molecule has 3 aromatic rings. The van der Waals surface area contributed by atoms with Gasteiger partial charge in [-0.05, 0) is 48.6 Å². The van der Waals surface area contributed by atoms with Gasteiger partial charge in [0.2, 0.25) is 10.0 Å². The predicted octanol–water partition coefficient (Wildman–Crippen LogP) is 4.69. The number of piperidine rings is 1. The van der Waals surface area contributed by atoms with E-state index >= 15 is 0 Å². The molecule has 0 spiro atoms. The zero-order valence-corrected chi connectivity index (χ0v) is 22.4. The van der Waals surface area contributed by atoms with Gasteiger partial charge in [-0.2, -0.15) is 9.40 Å². The highest BCUT2D eigenvalue weighted by atomic mass is 32.2. The molecule has 5 rings (SSSR count). The maximum atomic E-state index is 13.5. The third-order valence-corrected chi connectivity index (χ3v) is 9.26. The Labute approximate surface area is 220 Å². The number of rotatable bonds is 5. The van der Waals surface area contributed by atoms with Crippen LogP contribution in [0.15, 0.2) is 70.6 Å². The summed E-state index contributed by atoms with van der Waals surface area (Å²) < 4.78 is 30.8. The highest BCUT2D eigenvalue weighted by Gasteiger charge is 2.32. The number of nitrogens with zero attached hydrogens (tertiary/aromatic N) is 3. The summed E-state index contributed by atoms with van der Waals surface area (Å²) in [5, 5.41) is 7.42. The van der Waals surface area contributed by atoms with Crippen LogP contribution in [0, 0.1) is 11.8 Å². The van der Waals surface area contributed by atoms with Crippen molar-refractivity contribution in [3.8, 4) is 16.9 Å². The first-order chi connectivity index (χ1) is 17.2. The molecule has 1 aromatic heterocycles. The van der Waals surface area contributed by atoms with Crippen molar-refractivity contribution in [2.24, 2.45) is 11.8 Å². The zero-order valence-electron chi connectivity index (χ0n) is 19.9. The fourth-order valence-corrected chi connectivity index (χ4v) is 7.51. The van der Waals surface area contributed by atoms with Gasteiger partial charge in [0.25, 0.3) is 5.91 Å². The molecule has 0 aliphatic carbocycles. The van der Waals surface area contributed by atoms with E-state index in [1.165, 1.54) is 11.8 Å². The Bertz CT molecular complexity index is 1450. The second kappa shape index (κ2) is 9.93. The molecular formula is C26H26N4O3S3. The van der Waals surface area contributed by atoms with E-state index in [1.807, 2.05) is 42.6 Å². The van der Waals surface area contributed by atoms with Crippen LogP contribution in [0.5, 0.6) is 0 Å². The average Bonchev–Trinajstić information content (AvgIpc) is 3.41. The van der Waals surface area contributed by atoms with E-state index in [1.54, 1.807) is 33.3 Å². The molecule has 7 nitrogen and oxygen atoms in total. The maximum Gasteiger partial charge on any atom is 0.263 e. The second-order valence-electron chi connectivity index (χ2n) is 9.36. The molecule has 2 saturated heterocycles. The van der Waals surface area contributed by atoms with Gasteiger partial charge in [-0.15, -0.1) is 0 Å². The third-order valence-electron chi connectivity index (χ3n) is 6.27. The molecule has 2 aromatic carbocycles. The first-order valence-electron chi connectivity index (χ1n) is 11.7. The monoisotopic (exact) mass is 538 g/mol. The fraction of sp³-hybridized carbons (Fsp3) is 0.269. The Morgan fingerprint density at radius 2 is 1.81 bits per heavy atom. The first-order valence-corrected chi connectivity index (χ1v) is 14.4.